The third-order valence-electron chi connectivity index (χ3n) is 2.03. The van der Waals surface area contributed by atoms with Crippen LogP contribution in [-0.2, 0) is 7.05 Å². The largest absolute Gasteiger partial charge is 0.352 e. The van der Waals surface area contributed by atoms with Crippen LogP contribution in [0.3, 0.4) is 0 Å². The Labute approximate surface area is 89.9 Å². The summed E-state index contributed by atoms with van der Waals surface area (Å²) in [6, 6.07) is 0. The van der Waals surface area contributed by atoms with Crippen molar-refractivity contribution in [1.82, 2.24) is 20.4 Å². The van der Waals surface area contributed by atoms with Crippen molar-refractivity contribution in [3.05, 3.63) is 18.0 Å². The van der Waals surface area contributed by atoms with Crippen molar-refractivity contribution < 1.29 is 4.79 Å². The van der Waals surface area contributed by atoms with E-state index in [1.807, 2.05) is 0 Å². The number of hydrogen-bond donors (Lipinski definition) is 2. The Morgan fingerprint density at radius 3 is 2.93 bits per heavy atom. The fourth-order valence-electron chi connectivity index (χ4n) is 1.23. The summed E-state index contributed by atoms with van der Waals surface area (Å²) in [4.78, 5) is 11.5. The summed E-state index contributed by atoms with van der Waals surface area (Å²) < 4.78 is 1.62. The number of aryl methyl sites for hydroxylation is 1. The van der Waals surface area contributed by atoms with Crippen LogP contribution >= 0.6 is 0 Å². The fraction of sp³-hybridized carbons (Fsp3) is 0.600. The van der Waals surface area contributed by atoms with Gasteiger partial charge in [-0.25, -0.2) is 0 Å². The molecule has 0 aliphatic heterocycles. The van der Waals surface area contributed by atoms with Crippen LogP contribution in [0.5, 0.6) is 0 Å². The maximum Gasteiger partial charge on any atom is 0.254 e. The Morgan fingerprint density at radius 2 is 2.33 bits per heavy atom. The smallest absolute Gasteiger partial charge is 0.254 e. The zero-order valence-electron chi connectivity index (χ0n) is 9.29. The van der Waals surface area contributed by atoms with Crippen molar-refractivity contribution in [1.29, 1.82) is 0 Å². The highest BCUT2D eigenvalue weighted by molar-refractivity contribution is 5.93. The van der Waals surface area contributed by atoms with E-state index in [1.54, 1.807) is 24.1 Å². The maximum absolute atomic E-state index is 11.5. The average Bonchev–Trinajstić information content (AvgIpc) is 2.64. The van der Waals surface area contributed by atoms with Gasteiger partial charge in [0.15, 0.2) is 0 Å². The van der Waals surface area contributed by atoms with Gasteiger partial charge in [-0.2, -0.15) is 5.10 Å². The van der Waals surface area contributed by atoms with Crippen LogP contribution in [0.25, 0.3) is 0 Å². The molecule has 0 bridgehead atoms. The molecule has 1 rings (SSSR count). The van der Waals surface area contributed by atoms with Gasteiger partial charge in [-0.15, -0.1) is 0 Å². The first-order valence-electron chi connectivity index (χ1n) is 5.21. The number of nitrogens with zero attached hydrogens (tertiary/aromatic N) is 2. The molecule has 1 heterocycles. The van der Waals surface area contributed by atoms with Gasteiger partial charge in [-0.05, 0) is 19.5 Å². The summed E-state index contributed by atoms with van der Waals surface area (Å²) in [5.41, 5.74) is 0.612. The van der Waals surface area contributed by atoms with Crippen LogP contribution < -0.4 is 10.6 Å². The molecule has 0 fully saturated rings. The number of hydrogen-bond acceptors (Lipinski definition) is 3. The Kier molecular flexibility index (Phi) is 4.83. The second kappa shape index (κ2) is 6.19. The first kappa shape index (κ1) is 11.7. The highest BCUT2D eigenvalue weighted by atomic mass is 16.1. The molecule has 1 amide bonds. The lowest BCUT2D eigenvalue weighted by molar-refractivity contribution is 0.0953. The number of aromatic nitrogens is 2. The first-order valence-corrected chi connectivity index (χ1v) is 5.21. The van der Waals surface area contributed by atoms with Crippen molar-refractivity contribution >= 4 is 5.91 Å². The molecule has 0 radical (unpaired) electrons. The molecule has 5 heteroatoms. The van der Waals surface area contributed by atoms with Crippen molar-refractivity contribution in [3.63, 3.8) is 0 Å². The number of carbonyl (C=O) groups excluding carboxylic acids is 1. The van der Waals surface area contributed by atoms with Gasteiger partial charge >= 0.3 is 0 Å². The molecule has 1 aromatic heterocycles. The lowest BCUT2D eigenvalue weighted by atomic mass is 10.3. The third-order valence-corrected chi connectivity index (χ3v) is 2.03. The molecular weight excluding hydrogens is 192 g/mol. The summed E-state index contributed by atoms with van der Waals surface area (Å²) in [7, 11) is 1.79. The molecule has 0 aromatic carbocycles. The summed E-state index contributed by atoms with van der Waals surface area (Å²) in [6.07, 6.45) is 4.22. The zero-order valence-corrected chi connectivity index (χ0v) is 9.29. The van der Waals surface area contributed by atoms with E-state index < -0.39 is 0 Å². The predicted octanol–water partition coefficient (Wildman–Crippen LogP) is 0.150. The third kappa shape index (κ3) is 4.12. The average molecular weight is 210 g/mol. The molecule has 15 heavy (non-hydrogen) atoms. The van der Waals surface area contributed by atoms with Crippen LogP contribution in [0.4, 0.5) is 0 Å². The van der Waals surface area contributed by atoms with Gasteiger partial charge in [0, 0.05) is 19.8 Å². The highest BCUT2D eigenvalue weighted by Gasteiger charge is 2.05. The number of amides is 1. The summed E-state index contributed by atoms with van der Waals surface area (Å²) in [5.74, 6) is -0.0559. The maximum atomic E-state index is 11.5. The second-order valence-corrected chi connectivity index (χ2v) is 3.37. The van der Waals surface area contributed by atoms with Gasteiger partial charge in [0.2, 0.25) is 0 Å². The molecule has 0 aliphatic rings. The normalized spacial score (nSPS) is 10.3. The van der Waals surface area contributed by atoms with E-state index in [-0.39, 0.29) is 5.91 Å². The molecule has 1 aromatic rings. The van der Waals surface area contributed by atoms with Gasteiger partial charge in [0.05, 0.1) is 11.8 Å². The van der Waals surface area contributed by atoms with Crippen molar-refractivity contribution in [3.8, 4) is 0 Å². The zero-order chi connectivity index (χ0) is 11.1. The molecule has 2 N–H and O–H groups in total. The number of nitrogens with one attached hydrogen (secondary N) is 2. The van der Waals surface area contributed by atoms with Gasteiger partial charge in [0.1, 0.15) is 0 Å². The van der Waals surface area contributed by atoms with Gasteiger partial charge in [-0.3, -0.25) is 9.48 Å². The van der Waals surface area contributed by atoms with E-state index >= 15 is 0 Å². The first-order chi connectivity index (χ1) is 7.24. The van der Waals surface area contributed by atoms with Crippen molar-refractivity contribution in [2.45, 2.75) is 13.3 Å². The van der Waals surface area contributed by atoms with Crippen molar-refractivity contribution in [2.75, 3.05) is 19.6 Å². The van der Waals surface area contributed by atoms with E-state index in [2.05, 4.69) is 22.7 Å². The van der Waals surface area contributed by atoms with E-state index in [9.17, 15) is 4.79 Å². The van der Waals surface area contributed by atoms with Gasteiger partial charge in [-0.1, -0.05) is 6.92 Å². The van der Waals surface area contributed by atoms with Crippen LogP contribution in [0.15, 0.2) is 12.4 Å². The summed E-state index contributed by atoms with van der Waals surface area (Å²) >= 11 is 0. The van der Waals surface area contributed by atoms with Crippen LogP contribution in [-0.4, -0.2) is 35.3 Å². The highest BCUT2D eigenvalue weighted by Crippen LogP contribution is 1.95. The molecule has 0 saturated heterocycles. The minimum Gasteiger partial charge on any atom is -0.352 e. The monoisotopic (exact) mass is 210 g/mol. The number of carbonyl (C=O) groups is 1. The van der Waals surface area contributed by atoms with Gasteiger partial charge < -0.3 is 10.6 Å². The topological polar surface area (TPSA) is 58.9 Å². The van der Waals surface area contributed by atoms with Crippen LogP contribution in [0.1, 0.15) is 23.7 Å². The molecule has 0 spiro atoms. The SMILES string of the molecule is CCNCCCNC(=O)c1cnn(C)c1. The lowest BCUT2D eigenvalue weighted by Gasteiger charge is -2.03. The quantitative estimate of drug-likeness (QED) is 0.657. The molecule has 84 valence electrons. The Balaban J connectivity index is 2.19. The van der Waals surface area contributed by atoms with Crippen LogP contribution in [0.2, 0.25) is 0 Å². The van der Waals surface area contributed by atoms with E-state index in [1.165, 1.54) is 0 Å². The predicted molar refractivity (Wildman–Crippen MR) is 58.7 cm³/mol. The Hall–Kier alpha value is -1.36. The molecule has 0 saturated carbocycles. The second-order valence-electron chi connectivity index (χ2n) is 3.37. The lowest BCUT2D eigenvalue weighted by Crippen LogP contribution is -2.27. The Bertz CT molecular complexity index is 308. The molecule has 5 nitrogen and oxygen atoms in total. The van der Waals surface area contributed by atoms with Crippen molar-refractivity contribution in [2.24, 2.45) is 7.05 Å². The summed E-state index contributed by atoms with van der Waals surface area (Å²) in [5, 5.41) is 9.98. The Morgan fingerprint density at radius 1 is 1.53 bits per heavy atom. The van der Waals surface area contributed by atoms with E-state index in [0.29, 0.717) is 12.1 Å². The van der Waals surface area contributed by atoms with Gasteiger partial charge in [0.25, 0.3) is 5.91 Å². The molecular formula is C10H18N4O. The van der Waals surface area contributed by atoms with E-state index in [0.717, 1.165) is 19.5 Å². The minimum atomic E-state index is -0.0559. The fourth-order valence-corrected chi connectivity index (χ4v) is 1.23. The van der Waals surface area contributed by atoms with E-state index in [4.69, 9.17) is 0 Å². The minimum absolute atomic E-state index is 0.0559. The molecule has 0 atom stereocenters. The standard InChI is InChI=1S/C10H18N4O/c1-3-11-5-4-6-12-10(15)9-7-13-14(2)8-9/h7-8,11H,3-6H2,1-2H3,(H,12,15). The molecule has 0 unspecified atom stereocenters. The molecule has 0 aliphatic carbocycles. The van der Waals surface area contributed by atoms with Crippen LogP contribution in [0, 0.1) is 0 Å². The summed E-state index contributed by atoms with van der Waals surface area (Å²) in [6.45, 7) is 4.66. The number of rotatable bonds is 6.